The van der Waals surface area contributed by atoms with E-state index in [0.29, 0.717) is 0 Å². The number of carbonyl (C=O) groups is 1. The molecular weight excluding hydrogens is 643 g/mol. The number of aryl methyl sites for hydroxylation is 1. The van der Waals surface area contributed by atoms with E-state index in [9.17, 15) is 4.79 Å². The number of aliphatic hydroxyl groups is 1. The second-order valence-corrected chi connectivity index (χ2v) is 9.60. The van der Waals surface area contributed by atoms with Crippen molar-refractivity contribution in [3.63, 3.8) is 0 Å². The van der Waals surface area contributed by atoms with Gasteiger partial charge >= 0.3 is 0 Å². The molecule has 3 nitrogen and oxygen atoms in total. The summed E-state index contributed by atoms with van der Waals surface area (Å²) in [4.78, 5) is 15.1. The Balaban J connectivity index is 0.000000338. The van der Waals surface area contributed by atoms with Gasteiger partial charge in [-0.15, -0.1) is 34.6 Å². The molecule has 0 unspecified atom stereocenters. The second-order valence-electron chi connectivity index (χ2n) is 8.55. The zero-order valence-corrected chi connectivity index (χ0v) is 23.3. The Morgan fingerprint density at radius 3 is 2.25 bits per heavy atom. The number of benzene rings is 4. The number of carbonyl (C=O) groups excluding carboxylic acids is 1. The summed E-state index contributed by atoms with van der Waals surface area (Å²) in [5.41, 5.74) is 4.41. The molecule has 0 amide bonds. The van der Waals surface area contributed by atoms with Crippen molar-refractivity contribution >= 4 is 59.0 Å². The molecule has 0 fully saturated rings. The third kappa shape index (κ3) is 4.83. The van der Waals surface area contributed by atoms with Gasteiger partial charge in [-0.3, -0.25) is 9.78 Å². The molecule has 0 atom stereocenters. The zero-order valence-electron chi connectivity index (χ0n) is 20.1. The van der Waals surface area contributed by atoms with E-state index < -0.39 is 0 Å². The molecule has 0 bridgehead atoms. The third-order valence-electron chi connectivity index (χ3n) is 5.98. The molecule has 181 valence electrons. The number of pyridine rings is 1. The summed E-state index contributed by atoms with van der Waals surface area (Å²) in [5, 5.41) is 14.7. The Hall–Kier alpha value is -3.37. The summed E-state index contributed by atoms with van der Waals surface area (Å²) in [6, 6.07) is 31.3. The summed E-state index contributed by atoms with van der Waals surface area (Å²) >= 11 is 1.83. The standard InChI is InChI=1S/C26H16NS.C5H8O2.Ir/c1-16-18-9-3-2-8-17(18)14-15-19(16)25-26-24(20-10-4-6-12-22(20)27-25)21-11-5-7-13-23(21)28-26;1-4(6)3-5(2)7;/h2-14H,1H3;3,6H,1-2H3;/q-1;;/b;4-3-;. The first-order valence-electron chi connectivity index (χ1n) is 11.4. The van der Waals surface area contributed by atoms with Crippen LogP contribution in [0, 0.1) is 13.0 Å². The van der Waals surface area contributed by atoms with Crippen LogP contribution in [0.25, 0.3) is 53.1 Å². The van der Waals surface area contributed by atoms with E-state index in [-0.39, 0.29) is 31.6 Å². The van der Waals surface area contributed by atoms with Crippen molar-refractivity contribution in [3.8, 4) is 11.3 Å². The number of fused-ring (bicyclic) bond motifs is 6. The quantitative estimate of drug-likeness (QED) is 0.115. The molecule has 2 aromatic heterocycles. The minimum absolute atomic E-state index is 0. The fraction of sp³-hybridized carbons (Fsp3) is 0.0968. The molecule has 1 radical (unpaired) electrons. The molecule has 0 saturated heterocycles. The van der Waals surface area contributed by atoms with Crippen molar-refractivity contribution in [2.75, 3.05) is 0 Å². The number of hydrogen-bond acceptors (Lipinski definition) is 4. The van der Waals surface area contributed by atoms with Gasteiger partial charge in [-0.1, -0.05) is 78.4 Å². The Morgan fingerprint density at radius 1 is 0.917 bits per heavy atom. The molecule has 36 heavy (non-hydrogen) atoms. The number of nitrogens with zero attached hydrogens (tertiary/aromatic N) is 1. The molecular formula is C31H24IrNO2S-. The van der Waals surface area contributed by atoms with Gasteiger partial charge in [-0.05, 0) is 26.0 Å². The summed E-state index contributed by atoms with van der Waals surface area (Å²) < 4.78 is 2.55. The predicted octanol–water partition coefficient (Wildman–Crippen LogP) is 8.57. The number of aliphatic hydroxyl groups excluding tert-OH is 1. The minimum atomic E-state index is -0.125. The number of ketones is 1. The van der Waals surface area contributed by atoms with Gasteiger partial charge < -0.3 is 5.11 Å². The number of rotatable bonds is 2. The van der Waals surface area contributed by atoms with E-state index in [1.807, 2.05) is 11.3 Å². The third-order valence-corrected chi connectivity index (χ3v) is 7.15. The minimum Gasteiger partial charge on any atom is -0.512 e. The van der Waals surface area contributed by atoms with Gasteiger partial charge in [0.25, 0.3) is 0 Å². The van der Waals surface area contributed by atoms with Crippen LogP contribution in [0.1, 0.15) is 19.4 Å². The average molecular weight is 667 g/mol. The molecule has 0 aliphatic rings. The number of thiophene rings is 1. The maximum absolute atomic E-state index is 10.0. The Bertz CT molecular complexity index is 1760. The normalized spacial score (nSPS) is 11.4. The van der Waals surface area contributed by atoms with Gasteiger partial charge in [0.1, 0.15) is 0 Å². The second kappa shape index (κ2) is 10.7. The van der Waals surface area contributed by atoms with Crippen LogP contribution in [0.15, 0.2) is 90.7 Å². The van der Waals surface area contributed by atoms with Gasteiger partial charge in [0.15, 0.2) is 5.78 Å². The SMILES string of the molecule is CC(=O)/C=C(/C)O.Cc1c(-c2nc3ccccc3c3c2sc2ccccc23)[c-]cc2ccccc12.[Ir]. The van der Waals surface area contributed by atoms with Crippen LogP contribution < -0.4 is 0 Å². The van der Waals surface area contributed by atoms with Crippen LogP contribution in [0.4, 0.5) is 0 Å². The molecule has 6 rings (SSSR count). The molecule has 2 heterocycles. The van der Waals surface area contributed by atoms with Crippen molar-refractivity contribution in [2.45, 2.75) is 20.8 Å². The maximum Gasteiger partial charge on any atom is 0.155 e. The monoisotopic (exact) mass is 667 g/mol. The van der Waals surface area contributed by atoms with E-state index in [1.165, 1.54) is 61.8 Å². The largest absolute Gasteiger partial charge is 0.512 e. The Morgan fingerprint density at radius 2 is 1.56 bits per heavy atom. The summed E-state index contributed by atoms with van der Waals surface area (Å²) in [5.74, 6) is -0.0625. The molecule has 0 aliphatic carbocycles. The van der Waals surface area contributed by atoms with Crippen molar-refractivity contribution in [3.05, 3.63) is 102 Å². The van der Waals surface area contributed by atoms with Crippen molar-refractivity contribution in [2.24, 2.45) is 0 Å². The molecule has 0 saturated carbocycles. The van der Waals surface area contributed by atoms with E-state index in [2.05, 4.69) is 91.9 Å². The van der Waals surface area contributed by atoms with Crippen molar-refractivity contribution in [1.29, 1.82) is 0 Å². The predicted molar refractivity (Wildman–Crippen MR) is 148 cm³/mol. The van der Waals surface area contributed by atoms with Crippen molar-refractivity contribution in [1.82, 2.24) is 4.98 Å². The van der Waals surface area contributed by atoms with Gasteiger partial charge in [-0.2, -0.15) is 0 Å². The summed E-state index contributed by atoms with van der Waals surface area (Å²) in [6.07, 6.45) is 1.17. The van der Waals surface area contributed by atoms with Gasteiger partial charge in [0.05, 0.1) is 11.3 Å². The van der Waals surface area contributed by atoms with Gasteiger partial charge in [0, 0.05) is 57.4 Å². The smallest absolute Gasteiger partial charge is 0.155 e. The molecule has 1 N–H and O–H groups in total. The van der Waals surface area contributed by atoms with Crippen LogP contribution in [0.3, 0.4) is 0 Å². The first-order valence-corrected chi connectivity index (χ1v) is 12.2. The number of para-hydroxylation sites is 1. The van der Waals surface area contributed by atoms with Gasteiger partial charge in [0.2, 0.25) is 0 Å². The van der Waals surface area contributed by atoms with E-state index in [1.54, 1.807) is 0 Å². The first kappa shape index (κ1) is 25.7. The zero-order chi connectivity index (χ0) is 24.5. The fourth-order valence-electron chi connectivity index (χ4n) is 4.50. The molecule has 6 aromatic rings. The van der Waals surface area contributed by atoms with Crippen LogP contribution >= 0.6 is 11.3 Å². The van der Waals surface area contributed by atoms with Crippen LogP contribution in [0.5, 0.6) is 0 Å². The number of aromatic nitrogens is 1. The number of hydrogen-bond donors (Lipinski definition) is 1. The fourth-order valence-corrected chi connectivity index (χ4v) is 5.71. The first-order chi connectivity index (χ1) is 16.9. The Labute approximate surface area is 227 Å². The van der Waals surface area contributed by atoms with Crippen LogP contribution in [0.2, 0.25) is 0 Å². The summed E-state index contributed by atoms with van der Waals surface area (Å²) in [6.45, 7) is 5.03. The Kier molecular flexibility index (Phi) is 7.65. The van der Waals surface area contributed by atoms with Gasteiger partial charge in [-0.25, -0.2) is 0 Å². The van der Waals surface area contributed by atoms with E-state index >= 15 is 0 Å². The van der Waals surface area contributed by atoms with E-state index in [0.717, 1.165) is 16.8 Å². The molecule has 5 heteroatoms. The number of allylic oxidation sites excluding steroid dienone is 2. The maximum atomic E-state index is 10.0. The van der Waals surface area contributed by atoms with Crippen LogP contribution in [-0.2, 0) is 24.9 Å². The topological polar surface area (TPSA) is 50.2 Å². The van der Waals surface area contributed by atoms with E-state index in [4.69, 9.17) is 10.1 Å². The van der Waals surface area contributed by atoms with Crippen molar-refractivity contribution < 1.29 is 30.0 Å². The molecule has 0 spiro atoms. The van der Waals surface area contributed by atoms with Crippen LogP contribution in [-0.4, -0.2) is 15.9 Å². The molecule has 0 aliphatic heterocycles. The average Bonchev–Trinajstić information content (AvgIpc) is 3.24. The molecule has 4 aromatic carbocycles. The summed E-state index contributed by atoms with van der Waals surface area (Å²) in [7, 11) is 0.